The van der Waals surface area contributed by atoms with Crippen molar-refractivity contribution in [2.24, 2.45) is 5.73 Å². The number of hydrogen-bond acceptors (Lipinski definition) is 3. The Morgan fingerprint density at radius 2 is 2.16 bits per heavy atom. The molecule has 0 spiro atoms. The second kappa shape index (κ2) is 6.78. The first-order valence-corrected chi connectivity index (χ1v) is 7.87. The molecule has 0 aliphatic carbocycles. The van der Waals surface area contributed by atoms with Gasteiger partial charge >= 0.3 is 0 Å². The molecule has 1 aromatic carbocycles. The van der Waals surface area contributed by atoms with Crippen LogP contribution >= 0.6 is 11.8 Å². The lowest BCUT2D eigenvalue weighted by Gasteiger charge is -2.16. The van der Waals surface area contributed by atoms with Crippen LogP contribution in [0.4, 0.5) is 0 Å². The third kappa shape index (κ3) is 3.39. The molecule has 1 aromatic heterocycles. The van der Waals surface area contributed by atoms with Crippen molar-refractivity contribution in [2.75, 3.05) is 6.26 Å². The number of aromatic nitrogens is 2. The highest BCUT2D eigenvalue weighted by atomic mass is 32.2. The van der Waals surface area contributed by atoms with Crippen LogP contribution in [-0.2, 0) is 13.0 Å². The van der Waals surface area contributed by atoms with E-state index in [9.17, 15) is 0 Å². The molecule has 0 saturated heterocycles. The van der Waals surface area contributed by atoms with E-state index in [-0.39, 0.29) is 6.04 Å². The maximum atomic E-state index is 6.36. The van der Waals surface area contributed by atoms with Crippen LogP contribution in [0.15, 0.2) is 41.6 Å². The van der Waals surface area contributed by atoms with Gasteiger partial charge in [0.25, 0.3) is 0 Å². The maximum absolute atomic E-state index is 6.36. The average molecular weight is 275 g/mol. The zero-order valence-electron chi connectivity index (χ0n) is 11.5. The van der Waals surface area contributed by atoms with E-state index in [4.69, 9.17) is 5.73 Å². The first-order chi connectivity index (χ1) is 9.26. The molecule has 4 heteroatoms. The smallest absolute Gasteiger partial charge is 0.110 e. The molecule has 1 unspecified atom stereocenters. The second-order valence-electron chi connectivity index (χ2n) is 4.59. The van der Waals surface area contributed by atoms with Crippen LogP contribution < -0.4 is 5.73 Å². The SMILES string of the molecule is CCCn1ccnc1CC(N)c1ccccc1SC. The number of rotatable bonds is 6. The van der Waals surface area contributed by atoms with Gasteiger partial charge in [-0.25, -0.2) is 4.98 Å². The Bertz CT molecular complexity index is 522. The number of aryl methyl sites for hydroxylation is 1. The van der Waals surface area contributed by atoms with E-state index >= 15 is 0 Å². The van der Waals surface area contributed by atoms with Gasteiger partial charge in [0.2, 0.25) is 0 Å². The lowest BCUT2D eigenvalue weighted by atomic mass is 10.0. The second-order valence-corrected chi connectivity index (χ2v) is 5.44. The maximum Gasteiger partial charge on any atom is 0.110 e. The van der Waals surface area contributed by atoms with Gasteiger partial charge in [0.1, 0.15) is 5.82 Å². The van der Waals surface area contributed by atoms with E-state index in [1.807, 2.05) is 18.5 Å². The highest BCUT2D eigenvalue weighted by molar-refractivity contribution is 7.98. The van der Waals surface area contributed by atoms with Crippen molar-refractivity contribution in [3.05, 3.63) is 48.0 Å². The van der Waals surface area contributed by atoms with E-state index in [0.717, 1.165) is 25.2 Å². The number of nitrogens with two attached hydrogens (primary N) is 1. The summed E-state index contributed by atoms with van der Waals surface area (Å²) in [4.78, 5) is 5.69. The molecule has 0 radical (unpaired) electrons. The predicted molar refractivity (Wildman–Crippen MR) is 81.4 cm³/mol. The van der Waals surface area contributed by atoms with Gasteiger partial charge in [0.15, 0.2) is 0 Å². The van der Waals surface area contributed by atoms with Crippen LogP contribution in [0.25, 0.3) is 0 Å². The largest absolute Gasteiger partial charge is 0.335 e. The summed E-state index contributed by atoms with van der Waals surface area (Å²) in [6.07, 6.45) is 7.87. The summed E-state index contributed by atoms with van der Waals surface area (Å²) in [5.74, 6) is 1.07. The molecule has 0 bridgehead atoms. The summed E-state index contributed by atoms with van der Waals surface area (Å²) in [7, 11) is 0. The predicted octanol–water partition coefficient (Wildman–Crippen LogP) is 3.26. The standard InChI is InChI=1S/C15H21N3S/c1-3-9-18-10-8-17-15(18)11-13(16)12-6-4-5-7-14(12)19-2/h4-8,10,13H,3,9,11,16H2,1-2H3. The van der Waals surface area contributed by atoms with Crippen molar-refractivity contribution < 1.29 is 0 Å². The zero-order valence-corrected chi connectivity index (χ0v) is 12.4. The average Bonchev–Trinajstić information content (AvgIpc) is 2.86. The van der Waals surface area contributed by atoms with E-state index < -0.39 is 0 Å². The van der Waals surface area contributed by atoms with Gasteiger partial charge in [-0.05, 0) is 24.3 Å². The van der Waals surface area contributed by atoms with Crippen LogP contribution in [0.5, 0.6) is 0 Å². The molecule has 0 aliphatic heterocycles. The molecule has 2 rings (SSSR count). The molecule has 1 heterocycles. The summed E-state index contributed by atoms with van der Waals surface area (Å²) >= 11 is 1.74. The molecule has 0 amide bonds. The molecule has 19 heavy (non-hydrogen) atoms. The lowest BCUT2D eigenvalue weighted by molar-refractivity contribution is 0.595. The minimum atomic E-state index is 0.00153. The van der Waals surface area contributed by atoms with Gasteiger partial charge in [-0.15, -0.1) is 11.8 Å². The fourth-order valence-corrected chi connectivity index (χ4v) is 2.92. The van der Waals surface area contributed by atoms with Crippen molar-refractivity contribution in [2.45, 2.75) is 37.2 Å². The van der Waals surface area contributed by atoms with Crippen molar-refractivity contribution in [1.29, 1.82) is 0 Å². The fraction of sp³-hybridized carbons (Fsp3) is 0.400. The number of imidazole rings is 1. The van der Waals surface area contributed by atoms with Crippen molar-refractivity contribution in [3.8, 4) is 0 Å². The Hall–Kier alpha value is -1.26. The summed E-state index contributed by atoms with van der Waals surface area (Å²) < 4.78 is 2.20. The van der Waals surface area contributed by atoms with E-state index in [2.05, 4.69) is 40.9 Å². The molecule has 102 valence electrons. The Kier molecular flexibility index (Phi) is 5.05. The van der Waals surface area contributed by atoms with Gasteiger partial charge < -0.3 is 10.3 Å². The topological polar surface area (TPSA) is 43.8 Å². The molecule has 3 nitrogen and oxygen atoms in total. The van der Waals surface area contributed by atoms with Crippen molar-refractivity contribution >= 4 is 11.8 Å². The summed E-state index contributed by atoms with van der Waals surface area (Å²) in [5.41, 5.74) is 7.57. The van der Waals surface area contributed by atoms with Crippen LogP contribution in [0.2, 0.25) is 0 Å². The van der Waals surface area contributed by atoms with E-state index in [0.29, 0.717) is 0 Å². The van der Waals surface area contributed by atoms with Gasteiger partial charge in [0.05, 0.1) is 0 Å². The van der Waals surface area contributed by atoms with Crippen LogP contribution in [0.3, 0.4) is 0 Å². The zero-order chi connectivity index (χ0) is 13.7. The number of thioether (sulfide) groups is 1. The van der Waals surface area contributed by atoms with Gasteiger partial charge in [-0.3, -0.25) is 0 Å². The molecular formula is C15H21N3S. The number of hydrogen-bond donors (Lipinski definition) is 1. The van der Waals surface area contributed by atoms with Crippen LogP contribution in [-0.4, -0.2) is 15.8 Å². The van der Waals surface area contributed by atoms with Crippen molar-refractivity contribution in [3.63, 3.8) is 0 Å². The molecule has 1 atom stereocenters. The summed E-state index contributed by atoms with van der Waals surface area (Å²) in [6.45, 7) is 3.18. The summed E-state index contributed by atoms with van der Waals surface area (Å²) in [6, 6.07) is 8.34. The minimum Gasteiger partial charge on any atom is -0.335 e. The van der Waals surface area contributed by atoms with E-state index in [1.165, 1.54) is 10.5 Å². The third-order valence-corrected chi connectivity index (χ3v) is 4.02. The minimum absolute atomic E-state index is 0.00153. The Morgan fingerprint density at radius 1 is 1.37 bits per heavy atom. The normalized spacial score (nSPS) is 12.6. The first-order valence-electron chi connectivity index (χ1n) is 6.64. The molecule has 0 aliphatic rings. The van der Waals surface area contributed by atoms with Crippen molar-refractivity contribution in [1.82, 2.24) is 9.55 Å². The number of benzene rings is 1. The van der Waals surface area contributed by atoms with Crippen LogP contribution in [0, 0.1) is 0 Å². The molecular weight excluding hydrogens is 254 g/mol. The highest BCUT2D eigenvalue weighted by Gasteiger charge is 2.13. The molecule has 0 fully saturated rings. The first kappa shape index (κ1) is 14.2. The van der Waals surface area contributed by atoms with Crippen LogP contribution in [0.1, 0.15) is 30.8 Å². The Morgan fingerprint density at radius 3 is 2.89 bits per heavy atom. The van der Waals surface area contributed by atoms with Gasteiger partial charge in [-0.2, -0.15) is 0 Å². The lowest BCUT2D eigenvalue weighted by Crippen LogP contribution is -2.17. The monoisotopic (exact) mass is 275 g/mol. The quantitative estimate of drug-likeness (QED) is 0.823. The van der Waals surface area contributed by atoms with Gasteiger partial charge in [-0.1, -0.05) is 25.1 Å². The fourth-order valence-electron chi connectivity index (χ4n) is 2.25. The molecule has 2 aromatic rings. The third-order valence-electron chi connectivity index (χ3n) is 3.21. The molecule has 2 N–H and O–H groups in total. The van der Waals surface area contributed by atoms with Gasteiger partial charge in [0, 0.05) is 36.3 Å². The summed E-state index contributed by atoms with van der Waals surface area (Å²) in [5, 5.41) is 0. The molecule has 0 saturated carbocycles. The number of nitrogens with zero attached hydrogens (tertiary/aromatic N) is 2. The highest BCUT2D eigenvalue weighted by Crippen LogP contribution is 2.26. The Balaban J connectivity index is 2.16. The Labute approximate surface area is 119 Å². The van der Waals surface area contributed by atoms with E-state index in [1.54, 1.807) is 11.8 Å².